The molecule has 1 aliphatic carbocycles. The largest absolute Gasteiger partial charge is 0.482 e. The van der Waals surface area contributed by atoms with E-state index in [9.17, 15) is 4.79 Å². The first-order valence-corrected chi connectivity index (χ1v) is 7.78. The molecule has 0 aromatic heterocycles. The van der Waals surface area contributed by atoms with E-state index >= 15 is 0 Å². The molecule has 1 fully saturated rings. The summed E-state index contributed by atoms with van der Waals surface area (Å²) in [5.74, 6) is 0.336. The van der Waals surface area contributed by atoms with E-state index in [-0.39, 0.29) is 18.6 Å². The molecule has 0 heterocycles. The van der Waals surface area contributed by atoms with E-state index < -0.39 is 0 Å². The fourth-order valence-electron chi connectivity index (χ4n) is 2.42. The van der Waals surface area contributed by atoms with Crippen LogP contribution in [0.4, 0.5) is 0 Å². The van der Waals surface area contributed by atoms with Crippen LogP contribution in [0, 0.1) is 0 Å². The molecule has 1 saturated carbocycles. The number of nitrogens with one attached hydrogen (secondary N) is 1. The number of hydrogen-bond acceptors (Lipinski definition) is 2. The van der Waals surface area contributed by atoms with Gasteiger partial charge in [-0.2, -0.15) is 0 Å². The lowest BCUT2D eigenvalue weighted by molar-refractivity contribution is -0.123. The molecule has 1 amide bonds. The summed E-state index contributed by atoms with van der Waals surface area (Å²) >= 11 is 11.8. The van der Waals surface area contributed by atoms with Gasteiger partial charge in [-0.3, -0.25) is 4.79 Å². The Morgan fingerprint density at radius 1 is 1.20 bits per heavy atom. The number of halogens is 2. The van der Waals surface area contributed by atoms with Crippen LogP contribution in [-0.4, -0.2) is 18.6 Å². The van der Waals surface area contributed by atoms with Crippen molar-refractivity contribution >= 4 is 29.1 Å². The van der Waals surface area contributed by atoms with Crippen molar-refractivity contribution in [2.24, 2.45) is 0 Å². The van der Waals surface area contributed by atoms with Crippen molar-refractivity contribution in [3.63, 3.8) is 0 Å². The van der Waals surface area contributed by atoms with Gasteiger partial charge in [0.1, 0.15) is 5.75 Å². The summed E-state index contributed by atoms with van der Waals surface area (Å²) in [4.78, 5) is 11.9. The first kappa shape index (κ1) is 15.5. The third kappa shape index (κ3) is 4.88. The molecular formula is C15H19Cl2NO2. The first-order chi connectivity index (χ1) is 9.65. The van der Waals surface area contributed by atoms with Crippen LogP contribution in [0.2, 0.25) is 10.0 Å². The van der Waals surface area contributed by atoms with Crippen molar-refractivity contribution in [3.05, 3.63) is 28.2 Å². The lowest BCUT2D eigenvalue weighted by Crippen LogP contribution is -2.37. The average Bonchev–Trinajstić information content (AvgIpc) is 2.68. The topological polar surface area (TPSA) is 38.3 Å². The highest BCUT2D eigenvalue weighted by Crippen LogP contribution is 2.27. The maximum absolute atomic E-state index is 11.9. The van der Waals surface area contributed by atoms with Gasteiger partial charge in [-0.25, -0.2) is 0 Å². The monoisotopic (exact) mass is 315 g/mol. The number of hydrogen-bond donors (Lipinski definition) is 1. The minimum absolute atomic E-state index is 0.0312. The summed E-state index contributed by atoms with van der Waals surface area (Å²) in [6, 6.07) is 5.23. The standard InChI is InChI=1S/C15H19Cl2NO2/c16-11-7-8-13(17)14(9-11)20-10-15(19)18-12-5-3-1-2-4-6-12/h7-9,12H,1-6,10H2,(H,18,19). The molecule has 1 aromatic carbocycles. The first-order valence-electron chi connectivity index (χ1n) is 7.02. The van der Waals surface area contributed by atoms with Gasteiger partial charge in [0, 0.05) is 17.1 Å². The van der Waals surface area contributed by atoms with Gasteiger partial charge in [-0.05, 0) is 25.0 Å². The van der Waals surface area contributed by atoms with Crippen LogP contribution >= 0.6 is 23.2 Å². The lowest BCUT2D eigenvalue weighted by Gasteiger charge is -2.16. The molecule has 5 heteroatoms. The maximum atomic E-state index is 11.9. The summed E-state index contributed by atoms with van der Waals surface area (Å²) in [7, 11) is 0. The Balaban J connectivity index is 1.81. The lowest BCUT2D eigenvalue weighted by atomic mass is 10.1. The normalized spacial score (nSPS) is 16.5. The molecule has 0 unspecified atom stereocenters. The summed E-state index contributed by atoms with van der Waals surface area (Å²) in [5, 5.41) is 4.01. The van der Waals surface area contributed by atoms with Crippen molar-refractivity contribution in [2.75, 3.05) is 6.61 Å². The number of carbonyl (C=O) groups excluding carboxylic acids is 1. The zero-order valence-corrected chi connectivity index (χ0v) is 12.8. The van der Waals surface area contributed by atoms with Crippen LogP contribution < -0.4 is 10.1 Å². The predicted octanol–water partition coefficient (Wildman–Crippen LogP) is 4.21. The van der Waals surface area contributed by atoms with E-state index in [2.05, 4.69) is 5.32 Å². The van der Waals surface area contributed by atoms with Crippen LogP contribution in [-0.2, 0) is 4.79 Å². The number of benzene rings is 1. The van der Waals surface area contributed by atoms with E-state index in [4.69, 9.17) is 27.9 Å². The Morgan fingerprint density at radius 2 is 1.90 bits per heavy atom. The van der Waals surface area contributed by atoms with Crippen LogP contribution in [0.5, 0.6) is 5.75 Å². The molecule has 0 aliphatic heterocycles. The highest BCUT2D eigenvalue weighted by Gasteiger charge is 2.15. The van der Waals surface area contributed by atoms with Crippen LogP contribution in [0.25, 0.3) is 0 Å². The highest BCUT2D eigenvalue weighted by atomic mass is 35.5. The second-order valence-corrected chi connectivity index (χ2v) is 5.96. The molecule has 0 atom stereocenters. The Hall–Kier alpha value is -0.930. The number of ether oxygens (including phenoxy) is 1. The second-order valence-electron chi connectivity index (χ2n) is 5.12. The van der Waals surface area contributed by atoms with Gasteiger partial charge in [0.2, 0.25) is 0 Å². The summed E-state index contributed by atoms with van der Waals surface area (Å²) in [6.45, 7) is -0.0312. The van der Waals surface area contributed by atoms with Crippen LogP contribution in [0.3, 0.4) is 0 Å². The van der Waals surface area contributed by atoms with Gasteiger partial charge >= 0.3 is 0 Å². The molecule has 0 saturated heterocycles. The quantitative estimate of drug-likeness (QED) is 0.845. The molecule has 110 valence electrons. The summed E-state index contributed by atoms with van der Waals surface area (Å²) in [6.07, 6.45) is 7.02. The van der Waals surface area contributed by atoms with E-state index in [0.717, 1.165) is 12.8 Å². The van der Waals surface area contributed by atoms with Crippen molar-refractivity contribution in [2.45, 2.75) is 44.6 Å². The second kappa shape index (κ2) is 7.75. The molecule has 1 aromatic rings. The van der Waals surface area contributed by atoms with Gasteiger partial charge in [-0.1, -0.05) is 48.9 Å². The molecule has 1 aliphatic rings. The molecule has 1 N–H and O–H groups in total. The average molecular weight is 316 g/mol. The van der Waals surface area contributed by atoms with Crippen molar-refractivity contribution in [3.8, 4) is 5.75 Å². The van der Waals surface area contributed by atoms with E-state index in [0.29, 0.717) is 15.8 Å². The van der Waals surface area contributed by atoms with Crippen molar-refractivity contribution in [1.29, 1.82) is 0 Å². The summed E-state index contributed by atoms with van der Waals surface area (Å²) < 4.78 is 5.42. The Morgan fingerprint density at radius 3 is 2.60 bits per heavy atom. The Kier molecular flexibility index (Phi) is 5.99. The third-order valence-electron chi connectivity index (χ3n) is 3.47. The molecule has 0 spiro atoms. The molecule has 0 bridgehead atoms. The minimum Gasteiger partial charge on any atom is -0.482 e. The molecule has 3 nitrogen and oxygen atoms in total. The van der Waals surface area contributed by atoms with E-state index in [1.54, 1.807) is 18.2 Å². The minimum atomic E-state index is -0.104. The fourth-order valence-corrected chi connectivity index (χ4v) is 2.76. The maximum Gasteiger partial charge on any atom is 0.258 e. The van der Waals surface area contributed by atoms with Crippen molar-refractivity contribution in [1.82, 2.24) is 5.32 Å². The third-order valence-corrected chi connectivity index (χ3v) is 4.02. The zero-order valence-electron chi connectivity index (χ0n) is 11.3. The fraction of sp³-hybridized carbons (Fsp3) is 0.533. The number of carbonyl (C=O) groups is 1. The zero-order chi connectivity index (χ0) is 14.4. The Labute approximate surface area is 129 Å². The number of amides is 1. The van der Waals surface area contributed by atoms with Gasteiger partial charge in [0.25, 0.3) is 5.91 Å². The van der Waals surface area contributed by atoms with Crippen molar-refractivity contribution < 1.29 is 9.53 Å². The number of rotatable bonds is 4. The van der Waals surface area contributed by atoms with E-state index in [1.807, 2.05) is 0 Å². The Bertz CT molecular complexity index is 457. The van der Waals surface area contributed by atoms with Gasteiger partial charge in [0.05, 0.1) is 5.02 Å². The van der Waals surface area contributed by atoms with E-state index in [1.165, 1.54) is 25.7 Å². The molecule has 2 rings (SSSR count). The predicted molar refractivity (Wildman–Crippen MR) is 81.6 cm³/mol. The molecular weight excluding hydrogens is 297 g/mol. The SMILES string of the molecule is O=C(COc1cc(Cl)ccc1Cl)NC1CCCCCC1. The van der Waals surface area contributed by atoms with Gasteiger partial charge in [-0.15, -0.1) is 0 Å². The van der Waals surface area contributed by atoms with Crippen LogP contribution in [0.1, 0.15) is 38.5 Å². The van der Waals surface area contributed by atoms with Gasteiger partial charge < -0.3 is 10.1 Å². The smallest absolute Gasteiger partial charge is 0.258 e. The molecule has 0 radical (unpaired) electrons. The van der Waals surface area contributed by atoms with Crippen LogP contribution in [0.15, 0.2) is 18.2 Å². The summed E-state index contributed by atoms with van der Waals surface area (Å²) in [5.41, 5.74) is 0. The van der Waals surface area contributed by atoms with Gasteiger partial charge in [0.15, 0.2) is 6.61 Å². The highest BCUT2D eigenvalue weighted by molar-refractivity contribution is 6.34. The molecule has 20 heavy (non-hydrogen) atoms.